The zero-order valence-corrected chi connectivity index (χ0v) is 16.4. The zero-order chi connectivity index (χ0) is 17.6. The van der Waals surface area contributed by atoms with Crippen LogP contribution in [0, 0.1) is 0 Å². The number of benzene rings is 3. The molecule has 0 bridgehead atoms. The maximum Gasteiger partial charge on any atom is 0.255 e. The molecule has 5 heteroatoms. The van der Waals surface area contributed by atoms with Crippen LogP contribution in [-0.2, 0) is 5.75 Å². The third-order valence-corrected chi connectivity index (χ3v) is 5.47. The van der Waals surface area contributed by atoms with Gasteiger partial charge in [-0.1, -0.05) is 51.8 Å². The quantitative estimate of drug-likeness (QED) is 0.457. The van der Waals surface area contributed by atoms with E-state index in [0.29, 0.717) is 5.56 Å². The van der Waals surface area contributed by atoms with E-state index in [1.807, 2.05) is 60.7 Å². The van der Waals surface area contributed by atoms with Crippen molar-refractivity contribution in [3.8, 4) is 0 Å². The number of hydrogen-bond donors (Lipinski definition) is 1. The lowest BCUT2D eigenvalue weighted by molar-refractivity contribution is 0.102. The number of nitrogens with one attached hydrogen (secondary N) is 1. The van der Waals surface area contributed by atoms with Crippen molar-refractivity contribution < 1.29 is 4.79 Å². The van der Waals surface area contributed by atoms with Gasteiger partial charge in [-0.15, -0.1) is 11.8 Å². The van der Waals surface area contributed by atoms with Crippen molar-refractivity contribution >= 4 is 50.9 Å². The predicted octanol–water partition coefficient (Wildman–Crippen LogP) is 6.65. The molecule has 0 saturated heterocycles. The lowest BCUT2D eigenvalue weighted by atomic mass is 10.2. The number of para-hydroxylation sites is 1. The van der Waals surface area contributed by atoms with Crippen molar-refractivity contribution in [3.05, 3.63) is 93.4 Å². The Bertz CT molecular complexity index is 866. The van der Waals surface area contributed by atoms with Crippen LogP contribution < -0.4 is 5.32 Å². The fourth-order valence-electron chi connectivity index (χ4n) is 2.23. The zero-order valence-electron chi connectivity index (χ0n) is 13.2. The Labute approximate surface area is 164 Å². The minimum absolute atomic E-state index is 0.118. The van der Waals surface area contributed by atoms with Crippen molar-refractivity contribution in [1.82, 2.24) is 0 Å². The summed E-state index contributed by atoms with van der Waals surface area (Å²) < 4.78 is 0.947. The summed E-state index contributed by atoms with van der Waals surface area (Å²) in [5, 5.41) is 3.73. The van der Waals surface area contributed by atoms with Gasteiger partial charge < -0.3 is 5.32 Å². The van der Waals surface area contributed by atoms with Crippen LogP contribution in [0.2, 0.25) is 5.02 Å². The number of anilines is 1. The SMILES string of the molecule is O=C(Nc1ccccc1SCc1ccc(Cl)cc1)c1ccc(Br)cc1. The first-order valence-corrected chi connectivity index (χ1v) is 9.81. The number of hydrogen-bond acceptors (Lipinski definition) is 2. The molecule has 0 aliphatic rings. The summed E-state index contributed by atoms with van der Waals surface area (Å²) in [5.41, 5.74) is 2.62. The van der Waals surface area contributed by atoms with Gasteiger partial charge in [-0.25, -0.2) is 0 Å². The lowest BCUT2D eigenvalue weighted by Gasteiger charge is -2.11. The van der Waals surface area contributed by atoms with Crippen molar-refractivity contribution in [1.29, 1.82) is 0 Å². The van der Waals surface area contributed by atoms with Crippen molar-refractivity contribution in [2.75, 3.05) is 5.32 Å². The summed E-state index contributed by atoms with van der Waals surface area (Å²) >= 11 is 11.0. The van der Waals surface area contributed by atoms with Crippen LogP contribution in [0.3, 0.4) is 0 Å². The van der Waals surface area contributed by atoms with Gasteiger partial charge in [0.25, 0.3) is 5.91 Å². The van der Waals surface area contributed by atoms with E-state index < -0.39 is 0 Å². The van der Waals surface area contributed by atoms with E-state index >= 15 is 0 Å². The standard InChI is InChI=1S/C20H15BrClNOS/c21-16-9-7-15(8-10-16)20(24)23-18-3-1-2-4-19(18)25-13-14-5-11-17(22)12-6-14/h1-12H,13H2,(H,23,24). The second-order valence-electron chi connectivity index (χ2n) is 5.37. The van der Waals surface area contributed by atoms with Crippen LogP contribution in [0.5, 0.6) is 0 Å². The van der Waals surface area contributed by atoms with Gasteiger partial charge in [0.1, 0.15) is 0 Å². The van der Waals surface area contributed by atoms with Crippen LogP contribution >= 0.6 is 39.3 Å². The summed E-state index contributed by atoms with van der Waals surface area (Å²) in [6.07, 6.45) is 0. The first-order valence-electron chi connectivity index (χ1n) is 7.65. The van der Waals surface area contributed by atoms with Crippen molar-refractivity contribution in [2.24, 2.45) is 0 Å². The van der Waals surface area contributed by atoms with Gasteiger partial charge in [-0.05, 0) is 54.1 Å². The second kappa shape index (κ2) is 8.56. The topological polar surface area (TPSA) is 29.1 Å². The van der Waals surface area contributed by atoms with Gasteiger partial charge in [0.2, 0.25) is 0 Å². The summed E-state index contributed by atoms with van der Waals surface area (Å²) in [6.45, 7) is 0. The number of carbonyl (C=O) groups excluding carboxylic acids is 1. The third-order valence-electron chi connectivity index (χ3n) is 3.55. The molecule has 0 atom stereocenters. The van der Waals surface area contributed by atoms with Gasteiger partial charge >= 0.3 is 0 Å². The molecular weight excluding hydrogens is 418 g/mol. The Balaban J connectivity index is 1.71. The van der Waals surface area contributed by atoms with E-state index in [1.54, 1.807) is 23.9 Å². The van der Waals surface area contributed by atoms with Crippen LogP contribution in [0.1, 0.15) is 15.9 Å². The molecule has 2 nitrogen and oxygen atoms in total. The molecule has 0 radical (unpaired) electrons. The van der Waals surface area contributed by atoms with E-state index in [1.165, 1.54) is 5.56 Å². The van der Waals surface area contributed by atoms with Gasteiger partial charge in [0.05, 0.1) is 5.69 Å². The monoisotopic (exact) mass is 431 g/mol. The average Bonchev–Trinajstić information content (AvgIpc) is 2.63. The van der Waals surface area contributed by atoms with Gasteiger partial charge in [0, 0.05) is 25.7 Å². The molecule has 0 fully saturated rings. The highest BCUT2D eigenvalue weighted by Gasteiger charge is 2.09. The predicted molar refractivity (Wildman–Crippen MR) is 110 cm³/mol. The van der Waals surface area contributed by atoms with Crippen LogP contribution in [0.15, 0.2) is 82.2 Å². The van der Waals surface area contributed by atoms with Crippen LogP contribution in [0.25, 0.3) is 0 Å². The maximum absolute atomic E-state index is 12.4. The maximum atomic E-state index is 12.4. The Morgan fingerprint density at radius 3 is 2.36 bits per heavy atom. The molecule has 0 spiro atoms. The lowest BCUT2D eigenvalue weighted by Crippen LogP contribution is -2.12. The van der Waals surface area contributed by atoms with E-state index in [2.05, 4.69) is 21.2 Å². The molecule has 3 rings (SSSR count). The smallest absolute Gasteiger partial charge is 0.255 e. The molecular formula is C20H15BrClNOS. The molecule has 25 heavy (non-hydrogen) atoms. The van der Waals surface area contributed by atoms with Crippen molar-refractivity contribution in [3.63, 3.8) is 0 Å². The molecule has 0 saturated carbocycles. The van der Waals surface area contributed by atoms with Gasteiger partial charge in [-0.3, -0.25) is 4.79 Å². The van der Waals surface area contributed by atoms with E-state index in [-0.39, 0.29) is 5.91 Å². The Kier molecular flexibility index (Phi) is 6.19. The number of halogens is 2. The van der Waals surface area contributed by atoms with Gasteiger partial charge in [0.15, 0.2) is 0 Å². The first kappa shape index (κ1) is 18.1. The van der Waals surface area contributed by atoms with Crippen LogP contribution in [0.4, 0.5) is 5.69 Å². The molecule has 3 aromatic rings. The van der Waals surface area contributed by atoms with Crippen LogP contribution in [-0.4, -0.2) is 5.91 Å². The first-order chi connectivity index (χ1) is 12.1. The molecule has 0 aromatic heterocycles. The number of thioether (sulfide) groups is 1. The number of rotatable bonds is 5. The summed E-state index contributed by atoms with van der Waals surface area (Å²) in [6, 6.07) is 22.9. The second-order valence-corrected chi connectivity index (χ2v) is 7.74. The molecule has 0 aliphatic heterocycles. The minimum Gasteiger partial charge on any atom is -0.321 e. The van der Waals surface area contributed by atoms with Crippen molar-refractivity contribution in [2.45, 2.75) is 10.6 Å². The molecule has 0 heterocycles. The summed E-state index contributed by atoms with van der Waals surface area (Å²) in [7, 11) is 0. The Morgan fingerprint density at radius 1 is 0.960 bits per heavy atom. The molecule has 126 valence electrons. The summed E-state index contributed by atoms with van der Waals surface area (Å²) in [5.74, 6) is 0.689. The number of carbonyl (C=O) groups is 1. The van der Waals surface area contributed by atoms with Gasteiger partial charge in [-0.2, -0.15) is 0 Å². The summed E-state index contributed by atoms with van der Waals surface area (Å²) in [4.78, 5) is 13.5. The Morgan fingerprint density at radius 2 is 1.64 bits per heavy atom. The van der Waals surface area contributed by atoms with E-state index in [4.69, 9.17) is 11.6 Å². The highest BCUT2D eigenvalue weighted by molar-refractivity contribution is 9.10. The Hall–Kier alpha value is -1.75. The molecule has 3 aromatic carbocycles. The third kappa shape index (κ3) is 5.11. The molecule has 1 N–H and O–H groups in total. The van der Waals surface area contributed by atoms with E-state index in [9.17, 15) is 4.79 Å². The largest absolute Gasteiger partial charge is 0.321 e. The minimum atomic E-state index is -0.118. The van der Waals surface area contributed by atoms with E-state index in [0.717, 1.165) is 25.8 Å². The molecule has 0 unspecified atom stereocenters. The number of amides is 1. The molecule has 0 aliphatic carbocycles. The fraction of sp³-hybridized carbons (Fsp3) is 0.0500. The highest BCUT2D eigenvalue weighted by atomic mass is 79.9. The highest BCUT2D eigenvalue weighted by Crippen LogP contribution is 2.30. The normalized spacial score (nSPS) is 10.5. The molecule has 1 amide bonds. The average molecular weight is 433 g/mol. The fourth-order valence-corrected chi connectivity index (χ4v) is 3.59.